The highest BCUT2D eigenvalue weighted by atomic mass is 32.2. The van der Waals surface area contributed by atoms with Gasteiger partial charge in [0.25, 0.3) is 0 Å². The van der Waals surface area contributed by atoms with Crippen LogP contribution in [0.25, 0.3) is 0 Å². The van der Waals surface area contributed by atoms with Crippen molar-refractivity contribution in [2.75, 3.05) is 12.8 Å². The fraction of sp³-hybridized carbons (Fsp3) is 0.429. The second-order valence-electron chi connectivity index (χ2n) is 4.47. The van der Waals surface area contributed by atoms with E-state index in [-0.39, 0.29) is 17.7 Å². The highest BCUT2D eigenvalue weighted by molar-refractivity contribution is 8.00. The fourth-order valence-corrected chi connectivity index (χ4v) is 2.22. The van der Waals surface area contributed by atoms with Crippen LogP contribution in [-0.4, -0.2) is 35.4 Å². The van der Waals surface area contributed by atoms with Crippen molar-refractivity contribution in [1.29, 1.82) is 0 Å². The van der Waals surface area contributed by atoms with E-state index in [0.29, 0.717) is 11.3 Å². The maximum atomic E-state index is 11.8. The normalized spacial score (nSPS) is 10.5. The molecule has 0 bridgehead atoms. The molecule has 0 aromatic heterocycles. The molecule has 18 heavy (non-hydrogen) atoms. The van der Waals surface area contributed by atoms with Gasteiger partial charge in [-0.3, -0.25) is 9.59 Å². The number of amides is 1. The van der Waals surface area contributed by atoms with Crippen LogP contribution in [-0.2, 0) is 4.79 Å². The second-order valence-corrected chi connectivity index (χ2v) is 5.52. The fourth-order valence-electron chi connectivity index (χ4n) is 1.34. The van der Waals surface area contributed by atoms with Crippen molar-refractivity contribution in [2.45, 2.75) is 31.7 Å². The Morgan fingerprint density at radius 3 is 2.56 bits per heavy atom. The number of thioether (sulfide) groups is 1. The van der Waals surface area contributed by atoms with Gasteiger partial charge in [0.05, 0.1) is 5.75 Å². The number of hydrogen-bond donors (Lipinski definition) is 0. The minimum atomic E-state index is 0.0445. The van der Waals surface area contributed by atoms with E-state index < -0.39 is 0 Å². The van der Waals surface area contributed by atoms with Gasteiger partial charge in [-0.1, -0.05) is 12.1 Å². The maximum absolute atomic E-state index is 11.8. The van der Waals surface area contributed by atoms with E-state index in [1.807, 2.05) is 32.0 Å². The highest BCUT2D eigenvalue weighted by Gasteiger charge is 2.12. The van der Waals surface area contributed by atoms with Crippen LogP contribution in [0.2, 0.25) is 0 Å². The molecule has 0 spiro atoms. The SMILES string of the molecule is CC(=O)c1cccc(SCC(=O)N(C)C(C)C)c1. The van der Waals surface area contributed by atoms with Crippen molar-refractivity contribution >= 4 is 23.5 Å². The van der Waals surface area contributed by atoms with Crippen molar-refractivity contribution in [3.8, 4) is 0 Å². The molecular weight excluding hydrogens is 246 g/mol. The minimum Gasteiger partial charge on any atom is -0.343 e. The molecule has 1 rings (SSSR count). The lowest BCUT2D eigenvalue weighted by atomic mass is 10.2. The van der Waals surface area contributed by atoms with Crippen molar-refractivity contribution in [3.05, 3.63) is 29.8 Å². The predicted molar refractivity (Wildman–Crippen MR) is 75.1 cm³/mol. The molecule has 0 atom stereocenters. The van der Waals surface area contributed by atoms with Gasteiger partial charge in [0.15, 0.2) is 5.78 Å². The molecule has 1 aromatic carbocycles. The molecular formula is C14H19NO2S. The summed E-state index contributed by atoms with van der Waals surface area (Å²) in [6, 6.07) is 7.58. The summed E-state index contributed by atoms with van der Waals surface area (Å²) in [5.41, 5.74) is 0.685. The zero-order valence-corrected chi connectivity index (χ0v) is 12.1. The summed E-state index contributed by atoms with van der Waals surface area (Å²) >= 11 is 1.46. The summed E-state index contributed by atoms with van der Waals surface area (Å²) in [6.07, 6.45) is 0. The van der Waals surface area contributed by atoms with Crippen LogP contribution in [0.15, 0.2) is 29.2 Å². The molecule has 0 radical (unpaired) electrons. The van der Waals surface area contributed by atoms with Gasteiger partial charge in [-0.05, 0) is 32.9 Å². The third kappa shape index (κ3) is 4.18. The topological polar surface area (TPSA) is 37.4 Å². The Kier molecular flexibility index (Phi) is 5.41. The molecule has 4 heteroatoms. The van der Waals surface area contributed by atoms with Crippen LogP contribution in [0.4, 0.5) is 0 Å². The van der Waals surface area contributed by atoms with Gasteiger partial charge in [-0.15, -0.1) is 11.8 Å². The Morgan fingerprint density at radius 1 is 1.33 bits per heavy atom. The van der Waals surface area contributed by atoms with E-state index in [1.54, 1.807) is 24.9 Å². The number of carbonyl (C=O) groups excluding carboxylic acids is 2. The van der Waals surface area contributed by atoms with Gasteiger partial charge in [-0.25, -0.2) is 0 Å². The molecule has 1 amide bonds. The number of ketones is 1. The van der Waals surface area contributed by atoms with Crippen LogP contribution in [0, 0.1) is 0 Å². The molecule has 0 aliphatic rings. The van der Waals surface area contributed by atoms with Crippen LogP contribution in [0.3, 0.4) is 0 Å². The first-order valence-corrected chi connectivity index (χ1v) is 6.90. The zero-order chi connectivity index (χ0) is 13.7. The van der Waals surface area contributed by atoms with Crippen LogP contribution < -0.4 is 0 Å². The number of hydrogen-bond acceptors (Lipinski definition) is 3. The number of rotatable bonds is 5. The monoisotopic (exact) mass is 265 g/mol. The summed E-state index contributed by atoms with van der Waals surface area (Å²) in [4.78, 5) is 25.7. The Hall–Kier alpha value is -1.29. The molecule has 98 valence electrons. The molecule has 1 aromatic rings. The molecule has 0 saturated heterocycles. The van der Waals surface area contributed by atoms with E-state index in [1.165, 1.54) is 11.8 Å². The number of Topliss-reactive ketones (excluding diaryl/α,β-unsaturated/α-hetero) is 1. The molecule has 0 aliphatic carbocycles. The quantitative estimate of drug-likeness (QED) is 0.607. The van der Waals surface area contributed by atoms with Gasteiger partial charge in [0, 0.05) is 23.5 Å². The lowest BCUT2D eigenvalue weighted by Gasteiger charge is -2.21. The molecule has 0 fully saturated rings. The second kappa shape index (κ2) is 6.59. The molecule has 3 nitrogen and oxygen atoms in total. The molecule has 0 N–H and O–H groups in total. The van der Waals surface area contributed by atoms with Gasteiger partial charge in [0.1, 0.15) is 0 Å². The Balaban J connectivity index is 2.61. The first-order chi connectivity index (χ1) is 8.41. The standard InChI is InChI=1S/C14H19NO2S/c1-10(2)15(4)14(17)9-18-13-7-5-6-12(8-13)11(3)16/h5-8,10H,9H2,1-4H3. The summed E-state index contributed by atoms with van der Waals surface area (Å²) in [5.74, 6) is 0.544. The van der Waals surface area contributed by atoms with E-state index in [2.05, 4.69) is 0 Å². The molecule has 0 aliphatic heterocycles. The van der Waals surface area contributed by atoms with Crippen molar-refractivity contribution in [2.24, 2.45) is 0 Å². The average molecular weight is 265 g/mol. The summed E-state index contributed by atoms with van der Waals surface area (Å²) < 4.78 is 0. The summed E-state index contributed by atoms with van der Waals surface area (Å²) in [6.45, 7) is 5.51. The smallest absolute Gasteiger partial charge is 0.232 e. The third-order valence-electron chi connectivity index (χ3n) is 2.77. The van der Waals surface area contributed by atoms with Crippen LogP contribution >= 0.6 is 11.8 Å². The lowest BCUT2D eigenvalue weighted by Crippen LogP contribution is -2.34. The zero-order valence-electron chi connectivity index (χ0n) is 11.3. The van der Waals surface area contributed by atoms with Gasteiger partial charge in [-0.2, -0.15) is 0 Å². The van der Waals surface area contributed by atoms with Gasteiger partial charge in [0.2, 0.25) is 5.91 Å². The number of benzene rings is 1. The molecule has 0 unspecified atom stereocenters. The van der Waals surface area contributed by atoms with E-state index >= 15 is 0 Å². The number of nitrogens with zero attached hydrogens (tertiary/aromatic N) is 1. The molecule has 0 heterocycles. The maximum Gasteiger partial charge on any atom is 0.232 e. The predicted octanol–water partition coefficient (Wildman–Crippen LogP) is 2.85. The van der Waals surface area contributed by atoms with E-state index in [0.717, 1.165) is 4.90 Å². The summed E-state index contributed by atoms with van der Waals surface area (Å²) in [7, 11) is 1.81. The van der Waals surface area contributed by atoms with Crippen molar-refractivity contribution < 1.29 is 9.59 Å². The van der Waals surface area contributed by atoms with E-state index in [9.17, 15) is 9.59 Å². The highest BCUT2D eigenvalue weighted by Crippen LogP contribution is 2.20. The Morgan fingerprint density at radius 2 is 2.00 bits per heavy atom. The van der Waals surface area contributed by atoms with Crippen molar-refractivity contribution in [3.63, 3.8) is 0 Å². The Labute approximate surface area is 113 Å². The average Bonchev–Trinajstić information content (AvgIpc) is 2.35. The first kappa shape index (κ1) is 14.8. The van der Waals surface area contributed by atoms with Crippen LogP contribution in [0.5, 0.6) is 0 Å². The minimum absolute atomic E-state index is 0.0445. The third-order valence-corrected chi connectivity index (χ3v) is 3.75. The largest absolute Gasteiger partial charge is 0.343 e. The lowest BCUT2D eigenvalue weighted by molar-refractivity contribution is -0.128. The first-order valence-electron chi connectivity index (χ1n) is 5.91. The Bertz CT molecular complexity index is 443. The molecule has 0 saturated carbocycles. The van der Waals surface area contributed by atoms with Crippen molar-refractivity contribution in [1.82, 2.24) is 4.90 Å². The van der Waals surface area contributed by atoms with Crippen LogP contribution in [0.1, 0.15) is 31.1 Å². The number of carbonyl (C=O) groups is 2. The van der Waals surface area contributed by atoms with Gasteiger partial charge >= 0.3 is 0 Å². The van der Waals surface area contributed by atoms with Gasteiger partial charge < -0.3 is 4.90 Å². The van der Waals surface area contributed by atoms with E-state index in [4.69, 9.17) is 0 Å². The summed E-state index contributed by atoms with van der Waals surface area (Å²) in [5, 5.41) is 0.